The number of esters is 3. The predicted molar refractivity (Wildman–Crippen MR) is 357 cm³/mol. The smallest absolute Gasteiger partial charge is 0.306 e. The number of rotatable bonds is 59. The molecule has 0 spiro atoms. The molecule has 0 aromatic carbocycles. The molecule has 0 aromatic rings. The van der Waals surface area contributed by atoms with E-state index in [4.69, 9.17) is 14.2 Å². The van der Waals surface area contributed by atoms with Gasteiger partial charge in [-0.15, -0.1) is 0 Å². The minimum Gasteiger partial charge on any atom is -0.462 e. The van der Waals surface area contributed by atoms with Crippen molar-refractivity contribution in [2.75, 3.05) is 13.2 Å². The lowest BCUT2D eigenvalue weighted by atomic mass is 10.0. The highest BCUT2D eigenvalue weighted by Gasteiger charge is 2.19. The molecule has 6 nitrogen and oxygen atoms in total. The van der Waals surface area contributed by atoms with E-state index in [1.165, 1.54) is 96.3 Å². The summed E-state index contributed by atoms with van der Waals surface area (Å²) in [6, 6.07) is 0. The largest absolute Gasteiger partial charge is 0.462 e. The van der Waals surface area contributed by atoms with Crippen LogP contribution in [0.3, 0.4) is 0 Å². The summed E-state index contributed by atoms with van der Waals surface area (Å²) in [7, 11) is 0. The van der Waals surface area contributed by atoms with Crippen molar-refractivity contribution in [3.8, 4) is 0 Å². The number of hydrogen-bond acceptors (Lipinski definition) is 6. The van der Waals surface area contributed by atoms with Crippen LogP contribution in [-0.4, -0.2) is 37.2 Å². The van der Waals surface area contributed by atoms with Crippen molar-refractivity contribution < 1.29 is 28.6 Å². The van der Waals surface area contributed by atoms with E-state index >= 15 is 0 Å². The molecule has 0 aliphatic heterocycles. The SMILES string of the molecule is CC/C=C\C/C=C\C/C=C\C/C=C\C/C=C\C/C=C\C/C=C\CCCC(=O)OC(COC(=O)CCCCCCC/C=C\C/C=C\CCCC)COC(=O)CCCCCCCCCCCCCCCC/C=C\C/C=C\C/C=C\C/C=C\CC. The Morgan fingerprint density at radius 1 is 0.256 bits per heavy atom. The van der Waals surface area contributed by atoms with Crippen molar-refractivity contribution in [3.05, 3.63) is 158 Å². The van der Waals surface area contributed by atoms with Gasteiger partial charge in [-0.3, -0.25) is 14.4 Å². The normalized spacial score (nSPS) is 13.2. The molecule has 0 N–H and O–H groups in total. The Morgan fingerprint density at radius 2 is 0.488 bits per heavy atom. The Morgan fingerprint density at radius 3 is 0.780 bits per heavy atom. The number of unbranched alkanes of at least 4 members (excludes halogenated alkanes) is 22. The molecule has 0 amide bonds. The average Bonchev–Trinajstić information content (AvgIpc) is 3.47. The number of allylic oxidation sites excluding steroid dienone is 26. The van der Waals surface area contributed by atoms with Gasteiger partial charge in [-0.05, 0) is 135 Å². The molecule has 1 atom stereocenters. The van der Waals surface area contributed by atoms with E-state index in [1.54, 1.807) is 0 Å². The monoisotopic (exact) mass is 1130 g/mol. The van der Waals surface area contributed by atoms with Crippen molar-refractivity contribution in [1.29, 1.82) is 0 Å². The number of carbonyl (C=O) groups is 3. The molecule has 0 aromatic heterocycles. The highest BCUT2D eigenvalue weighted by Crippen LogP contribution is 2.15. The van der Waals surface area contributed by atoms with Crippen molar-refractivity contribution in [2.24, 2.45) is 0 Å². The summed E-state index contributed by atoms with van der Waals surface area (Å²) in [5, 5.41) is 0. The Labute approximate surface area is 505 Å². The first kappa shape index (κ1) is 77.0. The zero-order chi connectivity index (χ0) is 59.2. The molecule has 462 valence electrons. The van der Waals surface area contributed by atoms with Crippen LogP contribution >= 0.6 is 0 Å². The third kappa shape index (κ3) is 65.8. The standard InChI is InChI=1S/C76H122O6/c1-4-7-10-13-16-19-22-25-28-30-32-34-36-37-38-39-41-42-44-46-48-51-54-57-60-63-66-69-75(78)81-72-73(71-80-74(77)68-65-62-59-56-53-50-27-24-21-18-15-12-9-6-3)82-76(79)70-67-64-61-58-55-52-49-47-45-43-40-35-33-31-29-26-23-20-17-14-11-8-5-2/h7-8,10-11,15-20,24-29,32-35,43,45,49,52,58,61,73H,4-6,9,12-14,21-23,30-31,36-42,44,46-48,50-51,53-57,59-60,62-72H2,1-3H3/b10-7-,11-8-,18-15-,19-16-,20-17-,27-24-,28-25-,29-26-,34-32-,35-33-,45-43-,52-49-,61-58-. The van der Waals surface area contributed by atoms with Gasteiger partial charge in [0.05, 0.1) is 0 Å². The van der Waals surface area contributed by atoms with Gasteiger partial charge in [0.25, 0.3) is 0 Å². The lowest BCUT2D eigenvalue weighted by molar-refractivity contribution is -0.167. The van der Waals surface area contributed by atoms with Crippen molar-refractivity contribution in [3.63, 3.8) is 0 Å². The molecule has 0 aliphatic rings. The van der Waals surface area contributed by atoms with Crippen LogP contribution < -0.4 is 0 Å². The first-order valence-electron chi connectivity index (χ1n) is 33.5. The zero-order valence-corrected chi connectivity index (χ0v) is 52.9. The van der Waals surface area contributed by atoms with E-state index in [2.05, 4.69) is 179 Å². The van der Waals surface area contributed by atoms with Gasteiger partial charge in [0, 0.05) is 19.3 Å². The number of carbonyl (C=O) groups excluding carboxylic acids is 3. The summed E-state index contributed by atoms with van der Waals surface area (Å²) in [4.78, 5) is 38.4. The van der Waals surface area contributed by atoms with E-state index in [-0.39, 0.29) is 37.5 Å². The van der Waals surface area contributed by atoms with Crippen LogP contribution in [0, 0.1) is 0 Å². The maximum Gasteiger partial charge on any atom is 0.306 e. The zero-order valence-electron chi connectivity index (χ0n) is 52.9. The molecule has 0 aliphatic carbocycles. The maximum absolute atomic E-state index is 12.9. The van der Waals surface area contributed by atoms with Crippen LogP contribution in [0.4, 0.5) is 0 Å². The van der Waals surface area contributed by atoms with Crippen LogP contribution in [0.25, 0.3) is 0 Å². The minimum atomic E-state index is -0.823. The molecule has 0 saturated carbocycles. The summed E-state index contributed by atoms with van der Waals surface area (Å²) in [6.07, 6.45) is 99.8. The fourth-order valence-corrected chi connectivity index (χ4v) is 8.79. The van der Waals surface area contributed by atoms with Gasteiger partial charge in [-0.25, -0.2) is 0 Å². The third-order valence-corrected chi connectivity index (χ3v) is 13.7. The van der Waals surface area contributed by atoms with Gasteiger partial charge < -0.3 is 14.2 Å². The Kier molecular flexibility index (Phi) is 64.4. The van der Waals surface area contributed by atoms with E-state index in [0.29, 0.717) is 19.3 Å². The van der Waals surface area contributed by atoms with Gasteiger partial charge in [0.1, 0.15) is 13.2 Å². The summed E-state index contributed by atoms with van der Waals surface area (Å²) >= 11 is 0. The number of ether oxygens (including phenoxy) is 3. The van der Waals surface area contributed by atoms with Gasteiger partial charge in [-0.1, -0.05) is 288 Å². The second-order valence-electron chi connectivity index (χ2n) is 21.6. The lowest BCUT2D eigenvalue weighted by Gasteiger charge is -2.18. The van der Waals surface area contributed by atoms with Crippen LogP contribution in [0.15, 0.2) is 158 Å². The molecule has 0 rings (SSSR count). The summed E-state index contributed by atoms with van der Waals surface area (Å²) in [6.45, 7) is 6.32. The molecular formula is C76H122O6. The maximum atomic E-state index is 12.9. The van der Waals surface area contributed by atoms with Gasteiger partial charge in [0.15, 0.2) is 6.10 Å². The Bertz CT molecular complexity index is 1830. The summed E-state index contributed by atoms with van der Waals surface area (Å²) in [5.41, 5.74) is 0. The van der Waals surface area contributed by atoms with Gasteiger partial charge in [-0.2, -0.15) is 0 Å². The molecule has 0 saturated heterocycles. The van der Waals surface area contributed by atoms with E-state index in [9.17, 15) is 14.4 Å². The van der Waals surface area contributed by atoms with E-state index in [1.807, 2.05) is 0 Å². The first-order valence-corrected chi connectivity index (χ1v) is 33.5. The van der Waals surface area contributed by atoms with E-state index < -0.39 is 6.10 Å². The third-order valence-electron chi connectivity index (χ3n) is 13.7. The van der Waals surface area contributed by atoms with Crippen molar-refractivity contribution in [2.45, 2.75) is 290 Å². The molecule has 82 heavy (non-hydrogen) atoms. The summed E-state index contributed by atoms with van der Waals surface area (Å²) < 4.78 is 16.9. The topological polar surface area (TPSA) is 78.9 Å². The van der Waals surface area contributed by atoms with Gasteiger partial charge in [0.2, 0.25) is 0 Å². The molecule has 0 heterocycles. The number of hydrogen-bond donors (Lipinski definition) is 0. The van der Waals surface area contributed by atoms with E-state index in [0.717, 1.165) is 141 Å². The lowest BCUT2D eigenvalue weighted by Crippen LogP contribution is -2.30. The molecule has 0 radical (unpaired) electrons. The Hall–Kier alpha value is -4.97. The predicted octanol–water partition coefficient (Wildman–Crippen LogP) is 23.3. The van der Waals surface area contributed by atoms with Gasteiger partial charge >= 0.3 is 17.9 Å². The highest BCUT2D eigenvalue weighted by atomic mass is 16.6. The fraction of sp³-hybridized carbons (Fsp3) is 0.618. The second kappa shape index (κ2) is 68.5. The first-order chi connectivity index (χ1) is 40.5. The van der Waals surface area contributed by atoms with Crippen LogP contribution in [0.5, 0.6) is 0 Å². The van der Waals surface area contributed by atoms with Crippen molar-refractivity contribution in [1.82, 2.24) is 0 Å². The van der Waals surface area contributed by atoms with Crippen LogP contribution in [0.2, 0.25) is 0 Å². The second-order valence-corrected chi connectivity index (χ2v) is 21.6. The highest BCUT2D eigenvalue weighted by molar-refractivity contribution is 5.71. The molecule has 0 fully saturated rings. The fourth-order valence-electron chi connectivity index (χ4n) is 8.79. The van der Waals surface area contributed by atoms with Crippen LogP contribution in [-0.2, 0) is 28.6 Å². The minimum absolute atomic E-state index is 0.111. The molecule has 0 bridgehead atoms. The molecule has 1 unspecified atom stereocenters. The quantitative estimate of drug-likeness (QED) is 0.0261. The van der Waals surface area contributed by atoms with Crippen LogP contribution in [0.1, 0.15) is 284 Å². The summed E-state index contributed by atoms with van der Waals surface area (Å²) in [5.74, 6) is -0.986. The molecule has 6 heteroatoms. The molecular weight excluding hydrogens is 1010 g/mol. The average molecular weight is 1130 g/mol. The Balaban J connectivity index is 4.43. The van der Waals surface area contributed by atoms with Crippen molar-refractivity contribution >= 4 is 17.9 Å².